The first kappa shape index (κ1) is 28.0. The highest BCUT2D eigenvalue weighted by Gasteiger charge is 2.18. The highest BCUT2D eigenvalue weighted by Crippen LogP contribution is 2.45. The van der Waals surface area contributed by atoms with Gasteiger partial charge in [-0.15, -0.1) is 22.7 Å². The van der Waals surface area contributed by atoms with Crippen LogP contribution in [0.25, 0.3) is 84.2 Å². The number of thiophene rings is 2. The average molecular weight is 674 g/mol. The van der Waals surface area contributed by atoms with Gasteiger partial charge >= 0.3 is 0 Å². The van der Waals surface area contributed by atoms with Crippen LogP contribution in [0.15, 0.2) is 168 Å². The van der Waals surface area contributed by atoms with E-state index in [9.17, 15) is 0 Å². The van der Waals surface area contributed by atoms with Crippen molar-refractivity contribution >= 4 is 113 Å². The van der Waals surface area contributed by atoms with Crippen molar-refractivity contribution in [3.8, 4) is 11.3 Å². The molecule has 3 heterocycles. The van der Waals surface area contributed by atoms with Crippen molar-refractivity contribution < 1.29 is 4.42 Å². The predicted molar refractivity (Wildman–Crippen MR) is 217 cm³/mol. The Balaban J connectivity index is 1.09. The predicted octanol–water partition coefficient (Wildman–Crippen LogP) is 14.6. The van der Waals surface area contributed by atoms with Gasteiger partial charge in [0.25, 0.3) is 0 Å². The van der Waals surface area contributed by atoms with E-state index in [-0.39, 0.29) is 0 Å². The van der Waals surface area contributed by atoms with Crippen molar-refractivity contribution in [3.05, 3.63) is 164 Å². The molecule has 50 heavy (non-hydrogen) atoms. The maximum Gasteiger partial charge on any atom is 0.135 e. The third-order valence-electron chi connectivity index (χ3n) is 10.0. The molecule has 2 nitrogen and oxygen atoms in total. The maximum absolute atomic E-state index is 6.23. The molecule has 11 rings (SSSR count). The van der Waals surface area contributed by atoms with Gasteiger partial charge in [-0.2, -0.15) is 0 Å². The van der Waals surface area contributed by atoms with Crippen LogP contribution in [0.5, 0.6) is 0 Å². The molecule has 0 saturated heterocycles. The summed E-state index contributed by atoms with van der Waals surface area (Å²) < 4.78 is 11.5. The van der Waals surface area contributed by atoms with Crippen molar-refractivity contribution in [2.45, 2.75) is 0 Å². The summed E-state index contributed by atoms with van der Waals surface area (Å²) in [5.41, 5.74) is 5.33. The standard InChI is InChI=1S/C46H27NOS2/c1-4-10-35-28(7-1)15-21-39-37-23-19-33(26-43(37)49-45(35)39)47(32-17-13-30(14-18-32)42-25-31-9-3-6-12-41(31)48-42)34-20-24-38-40-22-16-29-8-2-5-11-36(29)46(40)50-44(38)27-34/h1-27H. The number of hydrogen-bond acceptors (Lipinski definition) is 4. The molecule has 0 bridgehead atoms. The van der Waals surface area contributed by atoms with E-state index in [1.165, 1.54) is 61.9 Å². The van der Waals surface area contributed by atoms with Crippen LogP contribution in [0.2, 0.25) is 0 Å². The third kappa shape index (κ3) is 4.26. The lowest BCUT2D eigenvalue weighted by Crippen LogP contribution is -2.09. The number of anilines is 3. The van der Waals surface area contributed by atoms with Crippen molar-refractivity contribution in [2.24, 2.45) is 0 Å². The molecular weight excluding hydrogens is 647 g/mol. The summed E-state index contributed by atoms with van der Waals surface area (Å²) >= 11 is 3.77. The Morgan fingerprint density at radius 2 is 0.880 bits per heavy atom. The second-order valence-corrected chi connectivity index (χ2v) is 15.0. The molecule has 0 fully saturated rings. The fourth-order valence-electron chi connectivity index (χ4n) is 7.61. The summed E-state index contributed by atoms with van der Waals surface area (Å²) in [5.74, 6) is 0.877. The van der Waals surface area contributed by atoms with E-state index in [0.29, 0.717) is 0 Å². The Kier molecular flexibility index (Phi) is 6.03. The summed E-state index contributed by atoms with van der Waals surface area (Å²) in [7, 11) is 0. The minimum absolute atomic E-state index is 0.877. The number of furan rings is 1. The smallest absolute Gasteiger partial charge is 0.135 e. The monoisotopic (exact) mass is 673 g/mol. The second-order valence-electron chi connectivity index (χ2n) is 12.9. The second kappa shape index (κ2) is 10.8. The zero-order valence-electron chi connectivity index (χ0n) is 26.8. The van der Waals surface area contributed by atoms with Gasteiger partial charge in [-0.05, 0) is 82.2 Å². The summed E-state index contributed by atoms with van der Waals surface area (Å²) in [6, 6.07) is 59.5. The highest BCUT2D eigenvalue weighted by molar-refractivity contribution is 7.27. The van der Waals surface area contributed by atoms with Gasteiger partial charge in [-0.1, -0.05) is 103 Å². The molecular formula is C46H27NOS2. The molecule has 11 aromatic rings. The van der Waals surface area contributed by atoms with E-state index in [4.69, 9.17) is 4.42 Å². The summed E-state index contributed by atoms with van der Waals surface area (Å²) in [4.78, 5) is 2.40. The first-order valence-electron chi connectivity index (χ1n) is 16.8. The molecule has 0 spiro atoms. The minimum atomic E-state index is 0.877. The van der Waals surface area contributed by atoms with E-state index < -0.39 is 0 Å². The van der Waals surface area contributed by atoms with Crippen LogP contribution in [0.1, 0.15) is 0 Å². The highest BCUT2D eigenvalue weighted by atomic mass is 32.1. The van der Waals surface area contributed by atoms with Crippen LogP contribution in [0, 0.1) is 0 Å². The molecule has 234 valence electrons. The third-order valence-corrected chi connectivity index (χ3v) is 12.4. The Morgan fingerprint density at radius 1 is 0.380 bits per heavy atom. The van der Waals surface area contributed by atoms with Crippen molar-refractivity contribution in [1.82, 2.24) is 0 Å². The fourth-order valence-corrected chi connectivity index (χ4v) is 10.2. The number of para-hydroxylation sites is 1. The van der Waals surface area contributed by atoms with E-state index in [2.05, 4.69) is 150 Å². The van der Waals surface area contributed by atoms with Crippen LogP contribution >= 0.6 is 22.7 Å². The molecule has 3 aromatic heterocycles. The lowest BCUT2D eigenvalue weighted by Gasteiger charge is -2.26. The summed E-state index contributed by atoms with van der Waals surface area (Å²) in [6.45, 7) is 0. The molecule has 4 heteroatoms. The quantitative estimate of drug-likeness (QED) is 0.185. The van der Waals surface area contributed by atoms with Crippen molar-refractivity contribution in [2.75, 3.05) is 4.90 Å². The average Bonchev–Trinajstić information content (AvgIpc) is 3.88. The zero-order valence-corrected chi connectivity index (χ0v) is 28.4. The van der Waals surface area contributed by atoms with Crippen LogP contribution < -0.4 is 4.90 Å². The zero-order chi connectivity index (χ0) is 32.8. The molecule has 8 aromatic carbocycles. The molecule has 0 saturated carbocycles. The number of hydrogen-bond donors (Lipinski definition) is 0. The minimum Gasteiger partial charge on any atom is -0.456 e. The number of fused-ring (bicyclic) bond motifs is 11. The fraction of sp³-hybridized carbons (Fsp3) is 0. The van der Waals surface area contributed by atoms with Crippen molar-refractivity contribution in [1.29, 1.82) is 0 Å². The lowest BCUT2D eigenvalue weighted by molar-refractivity contribution is 0.631. The largest absolute Gasteiger partial charge is 0.456 e. The summed E-state index contributed by atoms with van der Waals surface area (Å²) in [6.07, 6.45) is 0. The van der Waals surface area contributed by atoms with E-state index in [1.54, 1.807) is 0 Å². The molecule has 0 atom stereocenters. The van der Waals surface area contributed by atoms with Gasteiger partial charge in [0, 0.05) is 68.4 Å². The lowest BCUT2D eigenvalue weighted by atomic mass is 10.0. The Labute approximate surface area is 295 Å². The van der Waals surface area contributed by atoms with E-state index >= 15 is 0 Å². The van der Waals surface area contributed by atoms with Crippen LogP contribution in [0.3, 0.4) is 0 Å². The van der Waals surface area contributed by atoms with Gasteiger partial charge < -0.3 is 9.32 Å². The van der Waals surface area contributed by atoms with Gasteiger partial charge in [0.05, 0.1) is 0 Å². The Bertz CT molecular complexity index is 2920. The summed E-state index contributed by atoms with van der Waals surface area (Å²) in [5, 5.41) is 11.5. The number of nitrogens with zero attached hydrogens (tertiary/aromatic N) is 1. The molecule has 0 radical (unpaired) electrons. The van der Waals surface area contributed by atoms with E-state index in [0.717, 1.165) is 39.4 Å². The molecule has 0 aliphatic carbocycles. The van der Waals surface area contributed by atoms with Gasteiger partial charge in [-0.3, -0.25) is 0 Å². The van der Waals surface area contributed by atoms with Crippen molar-refractivity contribution in [3.63, 3.8) is 0 Å². The molecule has 0 aliphatic heterocycles. The SMILES string of the molecule is c1ccc2oc(-c3ccc(N(c4ccc5c(c4)sc4c6ccccc6ccc54)c4ccc5c(c4)sc4c6ccccc6ccc54)cc3)cc2c1. The first-order valence-corrected chi connectivity index (χ1v) is 18.5. The molecule has 0 N–H and O–H groups in total. The van der Waals surface area contributed by atoms with Gasteiger partial charge in [0.1, 0.15) is 11.3 Å². The number of rotatable bonds is 4. The first-order chi connectivity index (χ1) is 24.7. The maximum atomic E-state index is 6.23. The normalized spacial score (nSPS) is 12.0. The van der Waals surface area contributed by atoms with Gasteiger partial charge in [-0.25, -0.2) is 0 Å². The van der Waals surface area contributed by atoms with Crippen LogP contribution in [-0.4, -0.2) is 0 Å². The van der Waals surface area contributed by atoms with E-state index in [1.807, 2.05) is 40.9 Å². The Hall–Kier alpha value is -5.94. The van der Waals surface area contributed by atoms with Gasteiger partial charge in [0.15, 0.2) is 0 Å². The van der Waals surface area contributed by atoms with Gasteiger partial charge in [0.2, 0.25) is 0 Å². The molecule has 0 unspecified atom stereocenters. The van der Waals surface area contributed by atoms with Crippen LogP contribution in [0.4, 0.5) is 17.1 Å². The molecule has 0 aliphatic rings. The number of benzene rings is 8. The molecule has 0 amide bonds. The topological polar surface area (TPSA) is 16.4 Å². The Morgan fingerprint density at radius 3 is 1.46 bits per heavy atom. The van der Waals surface area contributed by atoms with Crippen LogP contribution in [-0.2, 0) is 0 Å².